The number of hydrogen-bond donors (Lipinski definition) is 2. The smallest absolute Gasteiger partial charge is 0.141 e. The van der Waals surface area contributed by atoms with Crippen molar-refractivity contribution in [1.29, 1.82) is 0 Å². The van der Waals surface area contributed by atoms with Crippen LogP contribution >= 0.6 is 11.3 Å². The Balaban J connectivity index is 2.92. The van der Waals surface area contributed by atoms with E-state index in [0.29, 0.717) is 16.8 Å². The summed E-state index contributed by atoms with van der Waals surface area (Å²) in [5, 5.41) is 1.94. The van der Waals surface area contributed by atoms with Crippen LogP contribution in [0.15, 0.2) is 17.5 Å². The van der Waals surface area contributed by atoms with E-state index in [1.54, 1.807) is 12.1 Å². The molecule has 1 heterocycles. The number of anilines is 2. The van der Waals surface area contributed by atoms with E-state index in [2.05, 4.69) is 0 Å². The Kier molecular flexibility index (Phi) is 1.44. The summed E-state index contributed by atoms with van der Waals surface area (Å²) in [4.78, 5) is 0. The van der Waals surface area contributed by atoms with Gasteiger partial charge in [-0.25, -0.2) is 4.39 Å². The fourth-order valence-electron chi connectivity index (χ4n) is 1.16. The quantitative estimate of drug-likeness (QED) is 0.614. The van der Waals surface area contributed by atoms with Gasteiger partial charge in [0.15, 0.2) is 0 Å². The van der Waals surface area contributed by atoms with Crippen molar-refractivity contribution >= 4 is 32.8 Å². The van der Waals surface area contributed by atoms with Gasteiger partial charge in [-0.1, -0.05) is 0 Å². The van der Waals surface area contributed by atoms with Crippen molar-refractivity contribution in [2.24, 2.45) is 0 Å². The van der Waals surface area contributed by atoms with Gasteiger partial charge in [0.1, 0.15) is 5.82 Å². The molecule has 0 saturated heterocycles. The molecule has 4 N–H and O–H groups in total. The van der Waals surface area contributed by atoms with Crippen LogP contribution in [0.1, 0.15) is 0 Å². The van der Waals surface area contributed by atoms with Gasteiger partial charge in [-0.15, -0.1) is 11.3 Å². The zero-order chi connectivity index (χ0) is 8.72. The summed E-state index contributed by atoms with van der Waals surface area (Å²) in [7, 11) is 0. The number of fused-ring (bicyclic) bond motifs is 1. The lowest BCUT2D eigenvalue weighted by molar-refractivity contribution is 0.644. The van der Waals surface area contributed by atoms with Gasteiger partial charge in [0.05, 0.1) is 10.4 Å². The second-order valence-electron chi connectivity index (χ2n) is 2.57. The van der Waals surface area contributed by atoms with Crippen LogP contribution in [0.25, 0.3) is 10.1 Å². The van der Waals surface area contributed by atoms with E-state index in [0.717, 1.165) is 4.70 Å². The van der Waals surface area contributed by atoms with Crippen molar-refractivity contribution in [2.75, 3.05) is 11.5 Å². The van der Waals surface area contributed by atoms with Crippen molar-refractivity contribution < 1.29 is 4.39 Å². The van der Waals surface area contributed by atoms with Gasteiger partial charge >= 0.3 is 0 Å². The van der Waals surface area contributed by atoms with E-state index in [4.69, 9.17) is 11.5 Å². The van der Waals surface area contributed by atoms with Crippen LogP contribution in [-0.2, 0) is 0 Å². The molecule has 0 aliphatic rings. The van der Waals surface area contributed by atoms with Crippen LogP contribution in [0.4, 0.5) is 15.8 Å². The second-order valence-corrected chi connectivity index (χ2v) is 3.45. The van der Waals surface area contributed by atoms with Crippen LogP contribution in [0.2, 0.25) is 0 Å². The zero-order valence-electron chi connectivity index (χ0n) is 6.17. The number of rotatable bonds is 0. The van der Waals surface area contributed by atoms with Crippen molar-refractivity contribution in [3.63, 3.8) is 0 Å². The van der Waals surface area contributed by atoms with Crippen molar-refractivity contribution in [3.8, 4) is 0 Å². The second kappa shape index (κ2) is 2.35. The molecule has 4 heteroatoms. The van der Waals surface area contributed by atoms with E-state index in [-0.39, 0.29) is 5.82 Å². The summed E-state index contributed by atoms with van der Waals surface area (Å²) in [6.07, 6.45) is 0. The van der Waals surface area contributed by atoms with Crippen LogP contribution in [0, 0.1) is 5.82 Å². The monoisotopic (exact) mass is 182 g/mol. The van der Waals surface area contributed by atoms with Gasteiger partial charge in [0.25, 0.3) is 0 Å². The van der Waals surface area contributed by atoms with Crippen molar-refractivity contribution in [1.82, 2.24) is 0 Å². The molecule has 12 heavy (non-hydrogen) atoms. The van der Waals surface area contributed by atoms with E-state index < -0.39 is 0 Å². The minimum Gasteiger partial charge on any atom is -0.399 e. The Hall–Kier alpha value is -1.29. The van der Waals surface area contributed by atoms with Gasteiger partial charge < -0.3 is 11.5 Å². The highest BCUT2D eigenvalue weighted by atomic mass is 32.1. The molecule has 0 fully saturated rings. The predicted octanol–water partition coefficient (Wildman–Crippen LogP) is 2.20. The molecule has 0 atom stereocenters. The Morgan fingerprint density at radius 1 is 1.25 bits per heavy atom. The molecular formula is C8H7FN2S. The molecule has 0 bridgehead atoms. The third-order valence-corrected chi connectivity index (χ3v) is 2.69. The molecule has 2 rings (SSSR count). The first-order valence-corrected chi connectivity index (χ1v) is 4.28. The number of hydrogen-bond acceptors (Lipinski definition) is 3. The Morgan fingerprint density at radius 3 is 2.75 bits per heavy atom. The van der Waals surface area contributed by atoms with E-state index >= 15 is 0 Å². The summed E-state index contributed by atoms with van der Waals surface area (Å²) in [5.74, 6) is -0.256. The Labute approximate surface area is 72.6 Å². The number of nitrogens with two attached hydrogens (primary N) is 2. The molecule has 0 unspecified atom stereocenters. The minimum atomic E-state index is -0.256. The zero-order valence-corrected chi connectivity index (χ0v) is 6.99. The van der Waals surface area contributed by atoms with Gasteiger partial charge in [-0.3, -0.25) is 0 Å². The van der Waals surface area contributed by atoms with Crippen LogP contribution < -0.4 is 11.5 Å². The summed E-state index contributed by atoms with van der Waals surface area (Å²) >= 11 is 1.29. The topological polar surface area (TPSA) is 52.0 Å². The first-order valence-electron chi connectivity index (χ1n) is 3.40. The highest BCUT2D eigenvalue weighted by Crippen LogP contribution is 2.31. The molecule has 1 aromatic heterocycles. The lowest BCUT2D eigenvalue weighted by Gasteiger charge is -1.97. The Bertz CT molecular complexity index is 436. The lowest BCUT2D eigenvalue weighted by Crippen LogP contribution is -1.89. The SMILES string of the molecule is Nc1cc(N)c2scc(F)c2c1. The molecular weight excluding hydrogens is 175 g/mol. The maximum Gasteiger partial charge on any atom is 0.141 e. The minimum absolute atomic E-state index is 0.256. The number of halogens is 1. The predicted molar refractivity (Wildman–Crippen MR) is 50.6 cm³/mol. The molecule has 2 nitrogen and oxygen atoms in total. The Morgan fingerprint density at radius 2 is 2.00 bits per heavy atom. The maximum absolute atomic E-state index is 13.0. The highest BCUT2D eigenvalue weighted by Gasteiger charge is 2.06. The summed E-state index contributed by atoms with van der Waals surface area (Å²) in [6, 6.07) is 3.23. The van der Waals surface area contributed by atoms with Crippen LogP contribution in [0.5, 0.6) is 0 Å². The molecule has 62 valence electrons. The van der Waals surface area contributed by atoms with Gasteiger partial charge in [0, 0.05) is 16.5 Å². The normalized spacial score (nSPS) is 10.8. The van der Waals surface area contributed by atoms with Gasteiger partial charge in [-0.05, 0) is 12.1 Å². The first-order chi connectivity index (χ1) is 5.68. The van der Waals surface area contributed by atoms with Gasteiger partial charge in [0.2, 0.25) is 0 Å². The summed E-state index contributed by atoms with van der Waals surface area (Å²) in [6.45, 7) is 0. The summed E-state index contributed by atoms with van der Waals surface area (Å²) in [5.41, 5.74) is 12.2. The van der Waals surface area contributed by atoms with Gasteiger partial charge in [-0.2, -0.15) is 0 Å². The standard InChI is InChI=1S/C8H7FN2S/c9-6-3-12-8-5(6)1-4(10)2-7(8)11/h1-3H,10-11H2. The average molecular weight is 182 g/mol. The molecule has 0 aliphatic carbocycles. The molecule has 0 aliphatic heterocycles. The van der Waals surface area contributed by atoms with E-state index in [1.807, 2.05) is 0 Å². The largest absolute Gasteiger partial charge is 0.399 e. The molecule has 1 aromatic carbocycles. The lowest BCUT2D eigenvalue weighted by atomic mass is 10.2. The highest BCUT2D eigenvalue weighted by molar-refractivity contribution is 7.17. The third kappa shape index (κ3) is 0.921. The molecule has 0 spiro atoms. The fraction of sp³-hybridized carbons (Fsp3) is 0. The van der Waals surface area contributed by atoms with Crippen molar-refractivity contribution in [2.45, 2.75) is 0 Å². The molecule has 0 saturated carbocycles. The number of benzene rings is 1. The van der Waals surface area contributed by atoms with Crippen molar-refractivity contribution in [3.05, 3.63) is 23.3 Å². The molecule has 2 aromatic rings. The first kappa shape index (κ1) is 7.36. The van der Waals surface area contributed by atoms with E-state index in [1.165, 1.54) is 16.7 Å². The summed E-state index contributed by atoms with van der Waals surface area (Å²) < 4.78 is 13.8. The van der Waals surface area contributed by atoms with E-state index in [9.17, 15) is 4.39 Å². The third-order valence-electron chi connectivity index (χ3n) is 1.68. The van der Waals surface area contributed by atoms with Crippen LogP contribution in [0.3, 0.4) is 0 Å². The van der Waals surface area contributed by atoms with Crippen LogP contribution in [-0.4, -0.2) is 0 Å². The average Bonchev–Trinajstić information content (AvgIpc) is 2.33. The molecule has 0 amide bonds. The number of thiophene rings is 1. The number of nitrogen functional groups attached to an aromatic ring is 2. The molecule has 0 radical (unpaired) electrons. The fourth-order valence-corrected chi connectivity index (χ4v) is 1.98. The maximum atomic E-state index is 13.0.